The van der Waals surface area contributed by atoms with Gasteiger partial charge in [0.2, 0.25) is 11.1 Å². The number of carbonyl (C=O) groups excluding carboxylic acids is 1. The molecule has 0 atom stereocenters. The Labute approximate surface area is 147 Å². The first-order valence-corrected chi connectivity index (χ1v) is 8.85. The van der Waals surface area contributed by atoms with Crippen molar-refractivity contribution in [3.63, 3.8) is 0 Å². The molecule has 0 aliphatic heterocycles. The number of nitrogen functional groups attached to an aromatic ring is 1. The Hall–Kier alpha value is -1.74. The average molecular weight is 400 g/mol. The lowest BCUT2D eigenvalue weighted by atomic mass is 10.3. The number of carbonyl (C=O) groups is 1. The molecule has 9 heteroatoms. The number of nitrogens with one attached hydrogen (secondary N) is 1. The van der Waals surface area contributed by atoms with Gasteiger partial charge in [-0.05, 0) is 24.6 Å². The summed E-state index contributed by atoms with van der Waals surface area (Å²) >= 11 is 4.62. The number of ether oxygens (including phenoxy) is 1. The molecule has 2 aromatic rings. The van der Waals surface area contributed by atoms with E-state index in [-0.39, 0.29) is 18.3 Å². The Morgan fingerprint density at radius 1 is 1.48 bits per heavy atom. The molecule has 0 saturated carbocycles. The molecule has 3 N–H and O–H groups in total. The summed E-state index contributed by atoms with van der Waals surface area (Å²) in [4.78, 5) is 11.6. The van der Waals surface area contributed by atoms with E-state index in [0.29, 0.717) is 23.3 Å². The predicted molar refractivity (Wildman–Crippen MR) is 92.7 cm³/mol. The van der Waals surface area contributed by atoms with E-state index in [4.69, 9.17) is 10.6 Å². The van der Waals surface area contributed by atoms with E-state index >= 15 is 0 Å². The fourth-order valence-corrected chi connectivity index (χ4v) is 2.74. The second kappa shape index (κ2) is 8.78. The van der Waals surface area contributed by atoms with Crippen molar-refractivity contribution in [1.29, 1.82) is 0 Å². The first-order valence-electron chi connectivity index (χ1n) is 7.07. The lowest BCUT2D eigenvalue weighted by molar-refractivity contribution is -0.118. The number of halogens is 1. The highest BCUT2D eigenvalue weighted by Gasteiger charge is 2.12. The molecule has 0 aliphatic rings. The molecule has 0 fully saturated rings. The van der Waals surface area contributed by atoms with Crippen molar-refractivity contribution in [2.45, 2.75) is 25.1 Å². The predicted octanol–water partition coefficient (Wildman–Crippen LogP) is 1.95. The highest BCUT2D eigenvalue weighted by Crippen LogP contribution is 2.19. The van der Waals surface area contributed by atoms with Gasteiger partial charge in [-0.3, -0.25) is 4.79 Å². The van der Waals surface area contributed by atoms with Crippen LogP contribution in [-0.4, -0.2) is 33.1 Å². The Morgan fingerprint density at radius 2 is 2.30 bits per heavy atom. The van der Waals surface area contributed by atoms with Crippen LogP contribution in [0.25, 0.3) is 0 Å². The molecule has 0 unspecified atom stereocenters. The van der Waals surface area contributed by atoms with Crippen molar-refractivity contribution in [2.75, 3.05) is 18.1 Å². The summed E-state index contributed by atoms with van der Waals surface area (Å²) in [5.74, 6) is 7.33. The van der Waals surface area contributed by atoms with Gasteiger partial charge in [0, 0.05) is 11.0 Å². The standard InChI is InChI=1S/C14H18BrN5O2S/c1-2-6-17-13(21)9-23-14-19-18-12(20(14)16)8-22-11-5-3-4-10(15)7-11/h3-5,7H,2,6,8-9,16H2,1H3,(H,17,21). The van der Waals surface area contributed by atoms with Gasteiger partial charge < -0.3 is 15.9 Å². The number of thioether (sulfide) groups is 1. The van der Waals surface area contributed by atoms with Crippen LogP contribution in [0.15, 0.2) is 33.9 Å². The summed E-state index contributed by atoms with van der Waals surface area (Å²) in [6.45, 7) is 2.87. The summed E-state index contributed by atoms with van der Waals surface area (Å²) in [6.07, 6.45) is 0.903. The van der Waals surface area contributed by atoms with Gasteiger partial charge in [0.25, 0.3) is 0 Å². The van der Waals surface area contributed by atoms with Gasteiger partial charge >= 0.3 is 0 Å². The lowest BCUT2D eigenvalue weighted by Crippen LogP contribution is -2.26. The molecular weight excluding hydrogens is 382 g/mol. The van der Waals surface area contributed by atoms with Gasteiger partial charge in [-0.15, -0.1) is 10.2 Å². The summed E-state index contributed by atoms with van der Waals surface area (Å²) in [6, 6.07) is 7.49. The lowest BCUT2D eigenvalue weighted by Gasteiger charge is -2.07. The summed E-state index contributed by atoms with van der Waals surface area (Å²) in [7, 11) is 0. The molecule has 23 heavy (non-hydrogen) atoms. The second-order valence-corrected chi connectivity index (χ2v) is 6.51. The maximum absolute atomic E-state index is 11.6. The molecule has 1 aromatic heterocycles. The Morgan fingerprint density at radius 3 is 3.04 bits per heavy atom. The third kappa shape index (κ3) is 5.43. The van der Waals surface area contributed by atoms with Crippen LogP contribution in [0, 0.1) is 0 Å². The van der Waals surface area contributed by atoms with E-state index < -0.39 is 0 Å². The van der Waals surface area contributed by atoms with Gasteiger partial charge in [0.15, 0.2) is 5.82 Å². The number of amides is 1. The fourth-order valence-electron chi connectivity index (χ4n) is 1.65. The van der Waals surface area contributed by atoms with Crippen molar-refractivity contribution in [2.24, 2.45) is 0 Å². The smallest absolute Gasteiger partial charge is 0.230 e. The van der Waals surface area contributed by atoms with Crippen LogP contribution in [0.3, 0.4) is 0 Å². The number of hydrogen-bond donors (Lipinski definition) is 2. The van der Waals surface area contributed by atoms with Gasteiger partial charge in [-0.1, -0.05) is 40.7 Å². The maximum atomic E-state index is 11.6. The number of rotatable bonds is 8. The summed E-state index contributed by atoms with van der Waals surface area (Å²) in [5.41, 5.74) is 0. The van der Waals surface area contributed by atoms with Crippen molar-refractivity contribution in [1.82, 2.24) is 20.2 Å². The first-order chi connectivity index (χ1) is 11.1. The quantitative estimate of drug-likeness (QED) is 0.520. The molecule has 0 aliphatic carbocycles. The van der Waals surface area contributed by atoms with Crippen molar-refractivity contribution >= 4 is 33.6 Å². The fraction of sp³-hybridized carbons (Fsp3) is 0.357. The second-order valence-electron chi connectivity index (χ2n) is 4.65. The van der Waals surface area contributed by atoms with Crippen LogP contribution in [-0.2, 0) is 11.4 Å². The van der Waals surface area contributed by atoms with Crippen molar-refractivity contribution in [3.8, 4) is 5.75 Å². The highest BCUT2D eigenvalue weighted by atomic mass is 79.9. The van der Waals surface area contributed by atoms with Gasteiger partial charge in [-0.25, -0.2) is 4.68 Å². The maximum Gasteiger partial charge on any atom is 0.230 e. The van der Waals surface area contributed by atoms with E-state index in [0.717, 1.165) is 10.9 Å². The SMILES string of the molecule is CCCNC(=O)CSc1nnc(COc2cccc(Br)c2)n1N. The van der Waals surface area contributed by atoms with Gasteiger partial charge in [0.05, 0.1) is 5.75 Å². The van der Waals surface area contributed by atoms with E-state index in [1.165, 1.54) is 16.4 Å². The Balaban J connectivity index is 1.87. The van der Waals surface area contributed by atoms with Crippen LogP contribution in [0.5, 0.6) is 5.75 Å². The molecular formula is C14H18BrN5O2S. The molecule has 0 saturated heterocycles. The summed E-state index contributed by atoms with van der Waals surface area (Å²) < 4.78 is 7.90. The number of aromatic nitrogens is 3. The summed E-state index contributed by atoms with van der Waals surface area (Å²) in [5, 5.41) is 11.2. The highest BCUT2D eigenvalue weighted by molar-refractivity contribution is 9.10. The molecule has 0 spiro atoms. The minimum atomic E-state index is -0.0493. The molecule has 0 bridgehead atoms. The van der Waals surface area contributed by atoms with E-state index in [2.05, 4.69) is 31.4 Å². The van der Waals surface area contributed by atoms with E-state index in [9.17, 15) is 4.79 Å². The van der Waals surface area contributed by atoms with Crippen LogP contribution in [0.4, 0.5) is 0 Å². The number of hydrogen-bond acceptors (Lipinski definition) is 6. The Kier molecular flexibility index (Phi) is 6.72. The van der Waals surface area contributed by atoms with E-state index in [1.54, 1.807) is 0 Å². The van der Waals surface area contributed by atoms with Crippen LogP contribution in [0.2, 0.25) is 0 Å². The van der Waals surface area contributed by atoms with Crippen molar-refractivity contribution in [3.05, 3.63) is 34.6 Å². The van der Waals surface area contributed by atoms with Gasteiger partial charge in [0.1, 0.15) is 12.4 Å². The van der Waals surface area contributed by atoms with Crippen LogP contribution in [0.1, 0.15) is 19.2 Å². The number of nitrogens with two attached hydrogens (primary N) is 1. The van der Waals surface area contributed by atoms with Crippen LogP contribution >= 0.6 is 27.7 Å². The minimum Gasteiger partial charge on any atom is -0.485 e. The molecule has 124 valence electrons. The zero-order chi connectivity index (χ0) is 16.7. The minimum absolute atomic E-state index is 0.0493. The van der Waals surface area contributed by atoms with Gasteiger partial charge in [-0.2, -0.15) is 0 Å². The zero-order valence-electron chi connectivity index (χ0n) is 12.7. The number of nitrogens with zero attached hydrogens (tertiary/aromatic N) is 3. The average Bonchev–Trinajstić information content (AvgIpc) is 2.89. The molecule has 2 rings (SSSR count). The molecule has 1 heterocycles. The largest absolute Gasteiger partial charge is 0.485 e. The normalized spacial score (nSPS) is 10.5. The topological polar surface area (TPSA) is 95.1 Å². The Bertz CT molecular complexity index is 664. The van der Waals surface area contributed by atoms with Crippen LogP contribution < -0.4 is 15.9 Å². The van der Waals surface area contributed by atoms with E-state index in [1.807, 2.05) is 31.2 Å². The molecule has 1 amide bonds. The first kappa shape index (κ1) is 17.6. The van der Waals surface area contributed by atoms with Crippen molar-refractivity contribution < 1.29 is 9.53 Å². The third-order valence-corrected chi connectivity index (χ3v) is 4.24. The number of benzene rings is 1. The third-order valence-electron chi connectivity index (χ3n) is 2.80. The molecule has 7 nitrogen and oxygen atoms in total. The monoisotopic (exact) mass is 399 g/mol. The molecule has 0 radical (unpaired) electrons. The molecule has 1 aromatic carbocycles. The zero-order valence-corrected chi connectivity index (χ0v) is 15.1.